The van der Waals surface area contributed by atoms with Crippen molar-refractivity contribution >= 4 is 32.9 Å². The summed E-state index contributed by atoms with van der Waals surface area (Å²) in [5, 5.41) is 1.19. The van der Waals surface area contributed by atoms with E-state index in [-0.39, 0.29) is 0 Å². The van der Waals surface area contributed by atoms with E-state index in [1.165, 1.54) is 5.39 Å². The summed E-state index contributed by atoms with van der Waals surface area (Å²) in [5.74, 6) is 0. The van der Waals surface area contributed by atoms with Crippen molar-refractivity contribution in [1.82, 2.24) is 4.98 Å². The highest BCUT2D eigenvalue weighted by Gasteiger charge is 1.99. The fourth-order valence-electron chi connectivity index (χ4n) is 1.36. The number of hydrogen-bond donors (Lipinski definition) is 2. The first-order valence-electron chi connectivity index (χ1n) is 3.96. The van der Waals surface area contributed by atoms with Crippen LogP contribution in [-0.4, -0.2) is 4.98 Å². The zero-order chi connectivity index (χ0) is 9.26. The van der Waals surface area contributed by atoms with Gasteiger partial charge in [0.2, 0.25) is 0 Å². The Labute approximate surface area is 84.6 Å². The predicted octanol–water partition coefficient (Wildman–Crippen LogP) is 2.86. The number of rotatable bonds is 1. The smallest absolute Gasteiger partial charge is 0.0471 e. The topological polar surface area (TPSA) is 41.8 Å². The number of fused-ring (bicyclic) bond motifs is 1. The first kappa shape index (κ1) is 8.38. The van der Waals surface area contributed by atoms with Crippen LogP contribution in [0.4, 0.5) is 0 Å². The van der Waals surface area contributed by atoms with E-state index in [1.807, 2.05) is 24.4 Å². The SMILES string of the molecule is N/C=C/c1c[nH]c2cc(Br)ccc12. The molecule has 1 heterocycles. The predicted molar refractivity (Wildman–Crippen MR) is 59.2 cm³/mol. The van der Waals surface area contributed by atoms with E-state index in [4.69, 9.17) is 5.73 Å². The first-order chi connectivity index (χ1) is 6.31. The molecule has 0 atom stereocenters. The van der Waals surface area contributed by atoms with Gasteiger partial charge in [-0.3, -0.25) is 0 Å². The minimum Gasteiger partial charge on any atom is -0.405 e. The fraction of sp³-hybridized carbons (Fsp3) is 0. The molecule has 3 heteroatoms. The van der Waals surface area contributed by atoms with Gasteiger partial charge in [-0.25, -0.2) is 0 Å². The van der Waals surface area contributed by atoms with Crippen molar-refractivity contribution in [2.45, 2.75) is 0 Å². The molecular formula is C10H9BrN2. The zero-order valence-corrected chi connectivity index (χ0v) is 8.51. The summed E-state index contributed by atoms with van der Waals surface area (Å²) in [6.45, 7) is 0. The number of nitrogens with one attached hydrogen (secondary N) is 1. The van der Waals surface area contributed by atoms with Gasteiger partial charge in [0.05, 0.1) is 0 Å². The van der Waals surface area contributed by atoms with Crippen molar-refractivity contribution in [3.63, 3.8) is 0 Å². The van der Waals surface area contributed by atoms with Crippen LogP contribution in [0.2, 0.25) is 0 Å². The molecule has 0 saturated heterocycles. The van der Waals surface area contributed by atoms with Gasteiger partial charge in [-0.15, -0.1) is 0 Å². The molecule has 1 aromatic carbocycles. The summed E-state index contributed by atoms with van der Waals surface area (Å²) in [6, 6.07) is 6.12. The second-order valence-corrected chi connectivity index (χ2v) is 3.71. The molecule has 0 spiro atoms. The van der Waals surface area contributed by atoms with Crippen molar-refractivity contribution in [2.75, 3.05) is 0 Å². The van der Waals surface area contributed by atoms with Crippen LogP contribution >= 0.6 is 15.9 Å². The average Bonchev–Trinajstić information content (AvgIpc) is 2.49. The Bertz CT molecular complexity index is 457. The summed E-state index contributed by atoms with van der Waals surface area (Å²) in [7, 11) is 0. The lowest BCUT2D eigenvalue weighted by molar-refractivity contribution is 1.46. The normalized spacial score (nSPS) is 11.5. The van der Waals surface area contributed by atoms with Gasteiger partial charge >= 0.3 is 0 Å². The maximum Gasteiger partial charge on any atom is 0.0471 e. The minimum atomic E-state index is 1.07. The van der Waals surface area contributed by atoms with E-state index in [0.717, 1.165) is 15.6 Å². The van der Waals surface area contributed by atoms with Crippen LogP contribution in [0.15, 0.2) is 35.1 Å². The lowest BCUT2D eigenvalue weighted by atomic mass is 10.2. The van der Waals surface area contributed by atoms with Crippen LogP contribution in [0.3, 0.4) is 0 Å². The summed E-state index contributed by atoms with van der Waals surface area (Å²) in [5.41, 5.74) is 7.57. The average molecular weight is 237 g/mol. The fourth-order valence-corrected chi connectivity index (χ4v) is 1.72. The van der Waals surface area contributed by atoms with E-state index in [0.29, 0.717) is 0 Å². The van der Waals surface area contributed by atoms with Gasteiger partial charge in [-0.1, -0.05) is 22.0 Å². The molecule has 2 aromatic rings. The monoisotopic (exact) mass is 236 g/mol. The Morgan fingerprint density at radius 3 is 3.00 bits per heavy atom. The van der Waals surface area contributed by atoms with Crippen molar-refractivity contribution in [1.29, 1.82) is 0 Å². The van der Waals surface area contributed by atoms with E-state index in [2.05, 4.69) is 27.0 Å². The summed E-state index contributed by atoms with van der Waals surface area (Å²) in [6.07, 6.45) is 5.37. The zero-order valence-electron chi connectivity index (χ0n) is 6.92. The van der Waals surface area contributed by atoms with Crippen LogP contribution in [0.1, 0.15) is 5.56 Å². The molecule has 0 aliphatic heterocycles. The van der Waals surface area contributed by atoms with Crippen LogP contribution in [0.5, 0.6) is 0 Å². The van der Waals surface area contributed by atoms with Gasteiger partial charge in [0, 0.05) is 27.1 Å². The molecule has 0 unspecified atom stereocenters. The molecule has 0 saturated carbocycles. The van der Waals surface area contributed by atoms with Crippen LogP contribution < -0.4 is 5.73 Å². The second kappa shape index (κ2) is 3.26. The number of halogens is 1. The molecule has 1 aromatic heterocycles. The van der Waals surface area contributed by atoms with Crippen molar-refractivity contribution in [2.24, 2.45) is 5.73 Å². The van der Waals surface area contributed by atoms with Gasteiger partial charge < -0.3 is 10.7 Å². The quantitative estimate of drug-likeness (QED) is 0.786. The molecule has 0 aliphatic carbocycles. The van der Waals surface area contributed by atoms with Crippen LogP contribution in [0.25, 0.3) is 17.0 Å². The van der Waals surface area contributed by atoms with Gasteiger partial charge in [-0.05, 0) is 24.4 Å². The second-order valence-electron chi connectivity index (χ2n) is 2.79. The Morgan fingerprint density at radius 1 is 1.38 bits per heavy atom. The number of hydrogen-bond acceptors (Lipinski definition) is 1. The van der Waals surface area contributed by atoms with Crippen LogP contribution in [-0.2, 0) is 0 Å². The Kier molecular flexibility index (Phi) is 2.10. The molecule has 2 rings (SSSR count). The molecule has 0 radical (unpaired) electrons. The molecule has 3 N–H and O–H groups in total. The summed E-state index contributed by atoms with van der Waals surface area (Å²) < 4.78 is 1.07. The highest BCUT2D eigenvalue weighted by Crippen LogP contribution is 2.22. The number of aromatic nitrogens is 1. The first-order valence-corrected chi connectivity index (χ1v) is 4.75. The third-order valence-electron chi connectivity index (χ3n) is 1.95. The van der Waals surface area contributed by atoms with Crippen molar-refractivity contribution < 1.29 is 0 Å². The van der Waals surface area contributed by atoms with Gasteiger partial charge in [0.25, 0.3) is 0 Å². The lowest BCUT2D eigenvalue weighted by Gasteiger charge is -1.92. The Morgan fingerprint density at radius 2 is 2.23 bits per heavy atom. The molecule has 2 nitrogen and oxygen atoms in total. The van der Waals surface area contributed by atoms with E-state index in [9.17, 15) is 0 Å². The number of aromatic amines is 1. The summed E-state index contributed by atoms with van der Waals surface area (Å²) in [4.78, 5) is 3.18. The summed E-state index contributed by atoms with van der Waals surface area (Å²) >= 11 is 3.42. The maximum atomic E-state index is 5.34. The van der Waals surface area contributed by atoms with Crippen molar-refractivity contribution in [3.8, 4) is 0 Å². The standard InChI is InChI=1S/C10H9BrN2/c11-8-1-2-9-7(3-4-12)6-13-10(9)5-8/h1-6,13H,12H2/b4-3+. The number of nitrogens with two attached hydrogens (primary N) is 1. The van der Waals surface area contributed by atoms with E-state index in [1.54, 1.807) is 6.20 Å². The van der Waals surface area contributed by atoms with E-state index >= 15 is 0 Å². The molecule has 0 amide bonds. The van der Waals surface area contributed by atoms with Crippen molar-refractivity contribution in [3.05, 3.63) is 40.6 Å². The lowest BCUT2D eigenvalue weighted by Crippen LogP contribution is -1.75. The highest BCUT2D eigenvalue weighted by atomic mass is 79.9. The largest absolute Gasteiger partial charge is 0.405 e. The Balaban J connectivity index is 2.68. The number of benzene rings is 1. The van der Waals surface area contributed by atoms with E-state index < -0.39 is 0 Å². The molecule has 0 aliphatic rings. The maximum absolute atomic E-state index is 5.34. The minimum absolute atomic E-state index is 1.07. The Hall–Kier alpha value is -1.22. The molecule has 13 heavy (non-hydrogen) atoms. The third-order valence-corrected chi connectivity index (χ3v) is 2.44. The third kappa shape index (κ3) is 1.47. The van der Waals surface area contributed by atoms with Gasteiger partial charge in [-0.2, -0.15) is 0 Å². The van der Waals surface area contributed by atoms with Gasteiger partial charge in [0.15, 0.2) is 0 Å². The molecule has 0 fully saturated rings. The van der Waals surface area contributed by atoms with Crippen LogP contribution in [0, 0.1) is 0 Å². The number of H-pyrrole nitrogens is 1. The van der Waals surface area contributed by atoms with Gasteiger partial charge in [0.1, 0.15) is 0 Å². The molecule has 0 bridgehead atoms. The highest BCUT2D eigenvalue weighted by molar-refractivity contribution is 9.10. The molecular weight excluding hydrogens is 228 g/mol. The molecule has 66 valence electrons.